The maximum Gasteiger partial charge on any atom is 0.348 e. The van der Waals surface area contributed by atoms with Crippen LogP contribution in [0, 0.1) is 17.0 Å². The number of non-ortho nitro benzene ring substituents is 1. The lowest BCUT2D eigenvalue weighted by molar-refractivity contribution is -0.384. The number of methoxy groups -OCH3 is 2. The highest BCUT2D eigenvalue weighted by Crippen LogP contribution is 2.34. The van der Waals surface area contributed by atoms with Gasteiger partial charge in [0.1, 0.15) is 28.0 Å². The summed E-state index contributed by atoms with van der Waals surface area (Å²) in [5, 5.41) is 13.4. The van der Waals surface area contributed by atoms with Gasteiger partial charge in [0.15, 0.2) is 5.76 Å². The van der Waals surface area contributed by atoms with Crippen molar-refractivity contribution in [2.75, 3.05) is 19.5 Å². The Labute approximate surface area is 191 Å². The number of benzene rings is 1. The summed E-state index contributed by atoms with van der Waals surface area (Å²) in [6, 6.07) is 8.45. The van der Waals surface area contributed by atoms with Crippen LogP contribution in [0.3, 0.4) is 0 Å². The summed E-state index contributed by atoms with van der Waals surface area (Å²) < 4.78 is 20.5. The molecule has 0 aliphatic carbocycles. The Morgan fingerprint density at radius 1 is 1.06 bits per heavy atom. The van der Waals surface area contributed by atoms with E-state index < -0.39 is 22.8 Å². The first-order valence-corrected chi connectivity index (χ1v) is 10.1. The molecule has 0 aliphatic rings. The van der Waals surface area contributed by atoms with Crippen molar-refractivity contribution in [3.63, 3.8) is 0 Å². The number of ether oxygens (including phenoxy) is 3. The summed E-state index contributed by atoms with van der Waals surface area (Å²) in [6.07, 6.45) is 0. The number of carbonyl (C=O) groups is 3. The highest BCUT2D eigenvalue weighted by Gasteiger charge is 2.27. The second-order valence-corrected chi connectivity index (χ2v) is 7.52. The Morgan fingerprint density at radius 3 is 2.33 bits per heavy atom. The van der Waals surface area contributed by atoms with Gasteiger partial charge in [-0.1, -0.05) is 0 Å². The molecule has 0 unspecified atom stereocenters. The summed E-state index contributed by atoms with van der Waals surface area (Å²) in [5.74, 6) is -1.37. The number of nitro groups is 1. The van der Waals surface area contributed by atoms with E-state index in [-0.39, 0.29) is 33.5 Å². The largest absolute Gasteiger partial charge is 0.486 e. The molecule has 1 aromatic carbocycles. The molecule has 2 heterocycles. The minimum atomic E-state index is -0.717. The molecule has 172 valence electrons. The number of amides is 1. The molecule has 11 nitrogen and oxygen atoms in total. The molecular formula is C21H18N2O9S. The summed E-state index contributed by atoms with van der Waals surface area (Å²) in [4.78, 5) is 47.1. The minimum Gasteiger partial charge on any atom is -0.486 e. The molecule has 0 saturated heterocycles. The van der Waals surface area contributed by atoms with Gasteiger partial charge >= 0.3 is 11.9 Å². The average Bonchev–Trinajstić information content (AvgIpc) is 3.41. The number of thiophene rings is 1. The monoisotopic (exact) mass is 474 g/mol. The predicted octanol–water partition coefficient (Wildman–Crippen LogP) is 3.96. The zero-order valence-corrected chi connectivity index (χ0v) is 18.5. The lowest BCUT2D eigenvalue weighted by Crippen LogP contribution is -2.13. The van der Waals surface area contributed by atoms with Crippen molar-refractivity contribution in [3.05, 3.63) is 74.0 Å². The molecule has 0 atom stereocenters. The zero-order valence-electron chi connectivity index (χ0n) is 17.7. The molecule has 12 heteroatoms. The zero-order chi connectivity index (χ0) is 24.1. The number of nitrogens with zero attached hydrogens (tertiary/aromatic N) is 1. The number of hydrogen-bond donors (Lipinski definition) is 1. The third kappa shape index (κ3) is 5.18. The summed E-state index contributed by atoms with van der Waals surface area (Å²) in [6.45, 7) is 1.52. The molecule has 33 heavy (non-hydrogen) atoms. The molecule has 3 rings (SSSR count). The number of esters is 2. The highest BCUT2D eigenvalue weighted by molar-refractivity contribution is 7.18. The van der Waals surface area contributed by atoms with Gasteiger partial charge in [-0.3, -0.25) is 14.9 Å². The number of anilines is 1. The first-order valence-electron chi connectivity index (χ1n) is 9.32. The number of rotatable bonds is 8. The summed E-state index contributed by atoms with van der Waals surface area (Å²) in [5.41, 5.74) is 0.306. The normalized spacial score (nSPS) is 10.4. The van der Waals surface area contributed by atoms with Crippen LogP contribution in [-0.2, 0) is 16.1 Å². The lowest BCUT2D eigenvalue weighted by atomic mass is 10.1. The minimum absolute atomic E-state index is 0.0247. The number of nitro benzene ring substituents is 1. The molecule has 0 saturated carbocycles. The van der Waals surface area contributed by atoms with Crippen molar-refractivity contribution in [2.24, 2.45) is 0 Å². The van der Waals surface area contributed by atoms with Crippen LogP contribution in [0.4, 0.5) is 10.7 Å². The van der Waals surface area contributed by atoms with Gasteiger partial charge in [0.2, 0.25) is 0 Å². The Kier molecular flexibility index (Phi) is 7.08. The Hall–Kier alpha value is -4.19. The maximum absolute atomic E-state index is 12.7. The van der Waals surface area contributed by atoms with Gasteiger partial charge in [-0.15, -0.1) is 11.3 Å². The van der Waals surface area contributed by atoms with Crippen LogP contribution < -0.4 is 10.1 Å². The van der Waals surface area contributed by atoms with Crippen molar-refractivity contribution in [1.82, 2.24) is 0 Å². The SMILES string of the molecule is COC(=O)c1sc(NC(=O)c2ccc(COc3ccc([N+](=O)[O-])cc3)o2)c(C(=O)OC)c1C. The fourth-order valence-electron chi connectivity index (χ4n) is 2.80. The Balaban J connectivity index is 1.72. The van der Waals surface area contributed by atoms with Gasteiger partial charge in [0.05, 0.1) is 24.7 Å². The van der Waals surface area contributed by atoms with E-state index in [0.717, 1.165) is 11.3 Å². The van der Waals surface area contributed by atoms with Gasteiger partial charge in [-0.2, -0.15) is 0 Å². The van der Waals surface area contributed by atoms with E-state index in [0.29, 0.717) is 17.1 Å². The van der Waals surface area contributed by atoms with Crippen LogP contribution in [-0.4, -0.2) is 37.0 Å². The van der Waals surface area contributed by atoms with Crippen molar-refractivity contribution < 1.29 is 37.9 Å². The molecule has 0 radical (unpaired) electrons. The third-order valence-corrected chi connectivity index (χ3v) is 5.64. The topological polar surface area (TPSA) is 147 Å². The molecule has 2 aromatic heterocycles. The first-order chi connectivity index (χ1) is 15.7. The molecule has 1 N–H and O–H groups in total. The third-order valence-electron chi connectivity index (χ3n) is 4.45. The van der Waals surface area contributed by atoms with E-state index in [1.165, 1.54) is 50.6 Å². The Morgan fingerprint density at radius 2 is 1.73 bits per heavy atom. The van der Waals surface area contributed by atoms with Gasteiger partial charge < -0.3 is 23.9 Å². The van der Waals surface area contributed by atoms with Crippen molar-refractivity contribution in [3.8, 4) is 5.75 Å². The average molecular weight is 474 g/mol. The van der Waals surface area contributed by atoms with Crippen LogP contribution in [0.15, 0.2) is 40.8 Å². The fourth-order valence-corrected chi connectivity index (χ4v) is 3.91. The van der Waals surface area contributed by atoms with Gasteiger partial charge in [-0.05, 0) is 36.8 Å². The summed E-state index contributed by atoms with van der Waals surface area (Å²) >= 11 is 0.881. The number of nitrogens with one attached hydrogen (secondary N) is 1. The van der Waals surface area contributed by atoms with Crippen LogP contribution >= 0.6 is 11.3 Å². The van der Waals surface area contributed by atoms with Crippen molar-refractivity contribution >= 4 is 39.9 Å². The maximum atomic E-state index is 12.7. The molecule has 0 fully saturated rings. The molecular weight excluding hydrogens is 456 g/mol. The highest BCUT2D eigenvalue weighted by atomic mass is 32.1. The second kappa shape index (κ2) is 9.96. The molecule has 0 aliphatic heterocycles. The number of carbonyl (C=O) groups excluding carboxylic acids is 3. The van der Waals surface area contributed by atoms with E-state index in [2.05, 4.69) is 5.32 Å². The fraction of sp³-hybridized carbons (Fsp3) is 0.190. The van der Waals surface area contributed by atoms with Gasteiger partial charge in [0, 0.05) is 12.1 Å². The molecule has 3 aromatic rings. The first kappa shape index (κ1) is 23.5. The van der Waals surface area contributed by atoms with Crippen LogP contribution in [0.1, 0.15) is 41.9 Å². The van der Waals surface area contributed by atoms with Crippen LogP contribution in [0.25, 0.3) is 0 Å². The van der Waals surface area contributed by atoms with Crippen LogP contribution in [0.2, 0.25) is 0 Å². The number of furan rings is 1. The molecule has 0 spiro atoms. The van der Waals surface area contributed by atoms with Crippen LogP contribution in [0.5, 0.6) is 5.75 Å². The van der Waals surface area contributed by atoms with E-state index in [1.807, 2.05) is 0 Å². The number of hydrogen-bond acceptors (Lipinski definition) is 10. The van der Waals surface area contributed by atoms with E-state index >= 15 is 0 Å². The van der Waals surface area contributed by atoms with Gasteiger partial charge in [0.25, 0.3) is 11.6 Å². The van der Waals surface area contributed by atoms with Crippen molar-refractivity contribution in [2.45, 2.75) is 13.5 Å². The standard InChI is InChI=1S/C21H18N2O9S/c1-11-16(20(25)29-2)19(33-17(11)21(26)30-3)22-18(24)15-9-8-14(32-15)10-31-13-6-4-12(5-7-13)23(27)28/h4-9H,10H2,1-3H3,(H,22,24). The van der Waals surface area contributed by atoms with E-state index in [9.17, 15) is 24.5 Å². The quantitative estimate of drug-likeness (QED) is 0.291. The predicted molar refractivity (Wildman–Crippen MR) is 116 cm³/mol. The van der Waals surface area contributed by atoms with E-state index in [1.54, 1.807) is 6.92 Å². The van der Waals surface area contributed by atoms with E-state index in [4.69, 9.17) is 18.6 Å². The second-order valence-electron chi connectivity index (χ2n) is 6.50. The van der Waals surface area contributed by atoms with Crippen molar-refractivity contribution in [1.29, 1.82) is 0 Å². The van der Waals surface area contributed by atoms with Gasteiger partial charge in [-0.25, -0.2) is 9.59 Å². The Bertz CT molecular complexity index is 1210. The molecule has 1 amide bonds. The molecule has 0 bridgehead atoms. The smallest absolute Gasteiger partial charge is 0.348 e. The lowest BCUT2D eigenvalue weighted by Gasteiger charge is -2.05. The summed E-state index contributed by atoms with van der Waals surface area (Å²) in [7, 11) is 2.40.